The van der Waals surface area contributed by atoms with E-state index in [1.165, 1.54) is 0 Å². The Kier molecular flexibility index (Phi) is 3.00. The van der Waals surface area contributed by atoms with Gasteiger partial charge in [-0.1, -0.05) is 18.2 Å². The van der Waals surface area contributed by atoms with Gasteiger partial charge in [-0.2, -0.15) is 0 Å². The van der Waals surface area contributed by atoms with Crippen LogP contribution in [0.25, 0.3) is 0 Å². The molecule has 16 heavy (non-hydrogen) atoms. The molecule has 0 amide bonds. The molecule has 0 saturated carbocycles. The minimum absolute atomic E-state index is 0.837. The Hall–Kier alpha value is -2.10. The van der Waals surface area contributed by atoms with Gasteiger partial charge in [-0.15, -0.1) is 0 Å². The number of imidazole rings is 1. The fraction of sp³-hybridized carbons (Fsp3) is 0.167. The molecule has 1 aromatic carbocycles. The number of aliphatic imine (C=N–C) groups is 1. The maximum Gasteiger partial charge on any atom is 0.210 e. The first kappa shape index (κ1) is 10.4. The highest BCUT2D eigenvalue weighted by molar-refractivity contribution is 5.96. The van der Waals surface area contributed by atoms with Crippen molar-refractivity contribution in [2.45, 2.75) is 0 Å². The first-order chi connectivity index (χ1) is 7.83. The molecule has 0 aliphatic heterocycles. The number of hydrogen-bond donors (Lipinski definition) is 0. The number of benzene rings is 1. The zero-order chi connectivity index (χ0) is 11.4. The summed E-state index contributed by atoms with van der Waals surface area (Å²) >= 11 is 0. The molecule has 0 radical (unpaired) electrons. The molecule has 0 atom stereocenters. The molecular formula is C12H14N4. The number of aromatic nitrogens is 2. The number of anilines is 1. The maximum absolute atomic E-state index is 4.27. The average molecular weight is 214 g/mol. The van der Waals surface area contributed by atoms with Crippen LogP contribution in [0.3, 0.4) is 0 Å². The monoisotopic (exact) mass is 214 g/mol. The highest BCUT2D eigenvalue weighted by atomic mass is 15.3. The van der Waals surface area contributed by atoms with Crippen LogP contribution in [-0.2, 0) is 0 Å². The van der Waals surface area contributed by atoms with E-state index in [9.17, 15) is 0 Å². The van der Waals surface area contributed by atoms with Crippen molar-refractivity contribution in [1.82, 2.24) is 9.55 Å². The Morgan fingerprint density at radius 3 is 2.62 bits per heavy atom. The van der Waals surface area contributed by atoms with Crippen molar-refractivity contribution in [3.63, 3.8) is 0 Å². The molecule has 82 valence electrons. The standard InChI is InChI=1S/C12H14N4/c1-13-12(16-9-8-14-10-16)15(2)11-6-4-3-5-7-11/h3-10H,1-2H3. The number of nitrogens with zero attached hydrogens (tertiary/aromatic N) is 4. The van der Waals surface area contributed by atoms with Crippen LogP contribution in [-0.4, -0.2) is 29.6 Å². The second-order valence-corrected chi connectivity index (χ2v) is 3.39. The summed E-state index contributed by atoms with van der Waals surface area (Å²) in [6.45, 7) is 0. The zero-order valence-electron chi connectivity index (χ0n) is 9.41. The van der Waals surface area contributed by atoms with Crippen LogP contribution in [0.4, 0.5) is 5.69 Å². The van der Waals surface area contributed by atoms with Crippen molar-refractivity contribution >= 4 is 11.6 Å². The molecule has 1 aromatic heterocycles. The third kappa shape index (κ3) is 1.95. The molecule has 0 saturated heterocycles. The Bertz CT molecular complexity index is 459. The Balaban J connectivity index is 2.31. The summed E-state index contributed by atoms with van der Waals surface area (Å²) in [5.41, 5.74) is 1.09. The predicted molar refractivity (Wildman–Crippen MR) is 65.8 cm³/mol. The van der Waals surface area contributed by atoms with Crippen molar-refractivity contribution in [2.75, 3.05) is 19.0 Å². The lowest BCUT2D eigenvalue weighted by atomic mass is 10.3. The summed E-state index contributed by atoms with van der Waals surface area (Å²) < 4.78 is 1.88. The van der Waals surface area contributed by atoms with Gasteiger partial charge >= 0.3 is 0 Å². The molecule has 0 aliphatic rings. The molecule has 0 bridgehead atoms. The fourth-order valence-corrected chi connectivity index (χ4v) is 1.58. The highest BCUT2D eigenvalue weighted by Crippen LogP contribution is 2.12. The van der Waals surface area contributed by atoms with Gasteiger partial charge in [0.25, 0.3) is 0 Å². The van der Waals surface area contributed by atoms with E-state index in [-0.39, 0.29) is 0 Å². The van der Waals surface area contributed by atoms with E-state index in [2.05, 4.69) is 9.98 Å². The molecule has 0 spiro atoms. The van der Waals surface area contributed by atoms with E-state index in [0.717, 1.165) is 11.6 Å². The summed E-state index contributed by atoms with van der Waals surface area (Å²) in [4.78, 5) is 10.3. The van der Waals surface area contributed by atoms with Crippen molar-refractivity contribution < 1.29 is 0 Å². The van der Waals surface area contributed by atoms with Gasteiger partial charge < -0.3 is 4.90 Å². The lowest BCUT2D eigenvalue weighted by molar-refractivity contribution is 1.04. The topological polar surface area (TPSA) is 33.4 Å². The minimum Gasteiger partial charge on any atom is -0.315 e. The minimum atomic E-state index is 0.837. The van der Waals surface area contributed by atoms with Gasteiger partial charge in [0, 0.05) is 32.2 Å². The van der Waals surface area contributed by atoms with E-state index < -0.39 is 0 Å². The molecule has 1 heterocycles. The van der Waals surface area contributed by atoms with E-state index in [1.54, 1.807) is 19.6 Å². The highest BCUT2D eigenvalue weighted by Gasteiger charge is 2.08. The molecule has 4 nitrogen and oxygen atoms in total. The van der Waals surface area contributed by atoms with Crippen LogP contribution < -0.4 is 4.90 Å². The van der Waals surface area contributed by atoms with Gasteiger partial charge in [0.1, 0.15) is 6.33 Å². The second-order valence-electron chi connectivity index (χ2n) is 3.39. The van der Waals surface area contributed by atoms with Crippen molar-refractivity contribution in [1.29, 1.82) is 0 Å². The smallest absolute Gasteiger partial charge is 0.210 e. The molecule has 0 fully saturated rings. The normalized spacial score (nSPS) is 11.5. The number of para-hydroxylation sites is 1. The quantitative estimate of drug-likeness (QED) is 0.536. The third-order valence-electron chi connectivity index (χ3n) is 2.38. The molecular weight excluding hydrogens is 200 g/mol. The molecule has 2 rings (SSSR count). The van der Waals surface area contributed by atoms with Crippen LogP contribution in [0, 0.1) is 0 Å². The molecule has 2 aromatic rings. The second kappa shape index (κ2) is 4.61. The van der Waals surface area contributed by atoms with Gasteiger partial charge in [-0.05, 0) is 12.1 Å². The molecule has 4 heteroatoms. The van der Waals surface area contributed by atoms with Gasteiger partial charge in [-0.3, -0.25) is 9.56 Å². The van der Waals surface area contributed by atoms with Gasteiger partial charge in [0.2, 0.25) is 5.96 Å². The van der Waals surface area contributed by atoms with Crippen LogP contribution >= 0.6 is 0 Å². The maximum atomic E-state index is 4.27. The molecule has 0 aliphatic carbocycles. The van der Waals surface area contributed by atoms with Crippen molar-refractivity contribution in [3.05, 3.63) is 49.1 Å². The lowest BCUT2D eigenvalue weighted by Crippen LogP contribution is -2.31. The van der Waals surface area contributed by atoms with Crippen LogP contribution in [0.5, 0.6) is 0 Å². The first-order valence-electron chi connectivity index (χ1n) is 5.07. The Morgan fingerprint density at radius 1 is 1.31 bits per heavy atom. The van der Waals surface area contributed by atoms with Crippen LogP contribution in [0.1, 0.15) is 0 Å². The van der Waals surface area contributed by atoms with Gasteiger partial charge in [-0.25, -0.2) is 4.98 Å². The largest absolute Gasteiger partial charge is 0.315 e. The Morgan fingerprint density at radius 2 is 2.06 bits per heavy atom. The molecule has 0 unspecified atom stereocenters. The first-order valence-corrected chi connectivity index (χ1v) is 5.07. The van der Waals surface area contributed by atoms with Gasteiger partial charge in [0.15, 0.2) is 0 Å². The molecule has 0 N–H and O–H groups in total. The third-order valence-corrected chi connectivity index (χ3v) is 2.38. The summed E-state index contributed by atoms with van der Waals surface area (Å²) in [6, 6.07) is 10.1. The number of hydrogen-bond acceptors (Lipinski definition) is 2. The van der Waals surface area contributed by atoms with Crippen LogP contribution in [0.2, 0.25) is 0 Å². The fourth-order valence-electron chi connectivity index (χ4n) is 1.58. The number of rotatable bonds is 1. The van der Waals surface area contributed by atoms with Crippen molar-refractivity contribution in [2.24, 2.45) is 4.99 Å². The van der Waals surface area contributed by atoms with Crippen LogP contribution in [0.15, 0.2) is 54.0 Å². The van der Waals surface area contributed by atoms with E-state index >= 15 is 0 Å². The average Bonchev–Trinajstić information content (AvgIpc) is 2.85. The van der Waals surface area contributed by atoms with E-state index in [0.29, 0.717) is 0 Å². The Labute approximate surface area is 94.9 Å². The SMILES string of the molecule is CN=C(N(C)c1ccccc1)n1ccnc1. The summed E-state index contributed by atoms with van der Waals surface area (Å²) in [5.74, 6) is 0.837. The van der Waals surface area contributed by atoms with Gasteiger partial charge in [0.05, 0.1) is 0 Å². The predicted octanol–water partition coefficient (Wildman–Crippen LogP) is 1.85. The summed E-state index contributed by atoms with van der Waals surface area (Å²) in [7, 11) is 3.76. The summed E-state index contributed by atoms with van der Waals surface area (Å²) in [6.07, 6.45) is 5.35. The van der Waals surface area contributed by atoms with E-state index in [1.807, 2.05) is 53.0 Å². The van der Waals surface area contributed by atoms with Crippen molar-refractivity contribution in [3.8, 4) is 0 Å². The van der Waals surface area contributed by atoms with E-state index in [4.69, 9.17) is 0 Å². The summed E-state index contributed by atoms with van der Waals surface area (Å²) in [5, 5.41) is 0. The lowest BCUT2D eigenvalue weighted by Gasteiger charge is -2.21. The zero-order valence-corrected chi connectivity index (χ0v) is 9.41.